The average molecular weight is 376 g/mol. The third-order valence-corrected chi connectivity index (χ3v) is 4.19. The minimum Gasteiger partial charge on any atom is -0.342 e. The zero-order valence-corrected chi connectivity index (χ0v) is 14.7. The van der Waals surface area contributed by atoms with Crippen molar-refractivity contribution in [2.45, 2.75) is 32.5 Å². The van der Waals surface area contributed by atoms with Gasteiger partial charge < -0.3 is 16.0 Å². The highest BCUT2D eigenvalue weighted by Gasteiger charge is 2.31. The van der Waals surface area contributed by atoms with Crippen LogP contribution in [0.4, 0.5) is 18.9 Å². The number of aromatic amines is 1. The zero-order valence-electron chi connectivity index (χ0n) is 14.7. The molecular formula is C19H19F3N4O. The molecule has 0 radical (unpaired) electrons. The molecule has 8 heteroatoms. The predicted molar refractivity (Wildman–Crippen MR) is 97.1 cm³/mol. The van der Waals surface area contributed by atoms with E-state index in [1.807, 2.05) is 25.1 Å². The van der Waals surface area contributed by atoms with E-state index >= 15 is 0 Å². The number of halogens is 3. The highest BCUT2D eigenvalue weighted by molar-refractivity contribution is 5.91. The van der Waals surface area contributed by atoms with E-state index in [-0.39, 0.29) is 18.7 Å². The molecule has 0 aliphatic rings. The summed E-state index contributed by atoms with van der Waals surface area (Å²) >= 11 is 0. The Morgan fingerprint density at radius 1 is 1.26 bits per heavy atom. The van der Waals surface area contributed by atoms with Crippen molar-refractivity contribution in [1.29, 1.82) is 0 Å². The summed E-state index contributed by atoms with van der Waals surface area (Å²) < 4.78 is 38.9. The van der Waals surface area contributed by atoms with Gasteiger partial charge in [0.2, 0.25) is 5.91 Å². The molecule has 1 amide bonds. The van der Waals surface area contributed by atoms with E-state index in [9.17, 15) is 18.0 Å². The van der Waals surface area contributed by atoms with Gasteiger partial charge in [-0.2, -0.15) is 13.2 Å². The summed E-state index contributed by atoms with van der Waals surface area (Å²) in [4.78, 5) is 19.8. The number of aromatic nitrogens is 2. The quantitative estimate of drug-likeness (QED) is 0.631. The van der Waals surface area contributed by atoms with Crippen molar-refractivity contribution in [3.8, 4) is 0 Å². The molecule has 0 aliphatic heterocycles. The number of imidazole rings is 1. The molecule has 0 aliphatic carbocycles. The number of nitrogens with zero attached hydrogens (tertiary/aromatic N) is 1. The van der Waals surface area contributed by atoms with Gasteiger partial charge in [0.15, 0.2) is 0 Å². The zero-order chi connectivity index (χ0) is 19.6. The van der Waals surface area contributed by atoms with Crippen LogP contribution in [0.2, 0.25) is 0 Å². The van der Waals surface area contributed by atoms with Gasteiger partial charge in [-0.25, -0.2) is 4.98 Å². The Balaban J connectivity index is 1.69. The van der Waals surface area contributed by atoms with E-state index < -0.39 is 17.6 Å². The standard InChI is InChI=1S/C19H19F3N4O/c1-11-3-2-4-15-18(11)26-16(25-15)5-6-17(27)24-14-8-12(10-23)7-13(9-14)19(20,21)22/h2-4,7-9H,5-6,10,23H2,1H3,(H,24,27)(H,25,26). The molecule has 4 N–H and O–H groups in total. The summed E-state index contributed by atoms with van der Waals surface area (Å²) in [5.41, 5.74) is 7.75. The van der Waals surface area contributed by atoms with E-state index in [0.717, 1.165) is 28.7 Å². The Morgan fingerprint density at radius 3 is 2.70 bits per heavy atom. The first kappa shape index (κ1) is 18.9. The maximum absolute atomic E-state index is 13.0. The van der Waals surface area contributed by atoms with E-state index in [2.05, 4.69) is 15.3 Å². The first-order valence-electron chi connectivity index (χ1n) is 8.41. The number of carbonyl (C=O) groups is 1. The van der Waals surface area contributed by atoms with Crippen LogP contribution >= 0.6 is 0 Å². The van der Waals surface area contributed by atoms with Crippen molar-refractivity contribution < 1.29 is 18.0 Å². The molecule has 5 nitrogen and oxygen atoms in total. The average Bonchev–Trinajstić information content (AvgIpc) is 3.03. The second kappa shape index (κ2) is 7.40. The molecule has 1 aromatic heterocycles. The fourth-order valence-corrected chi connectivity index (χ4v) is 2.85. The smallest absolute Gasteiger partial charge is 0.342 e. The van der Waals surface area contributed by atoms with Gasteiger partial charge in [-0.05, 0) is 42.3 Å². The number of hydrogen-bond acceptors (Lipinski definition) is 3. The third-order valence-electron chi connectivity index (χ3n) is 4.19. The maximum Gasteiger partial charge on any atom is 0.416 e. The molecule has 0 saturated carbocycles. The topological polar surface area (TPSA) is 83.8 Å². The predicted octanol–water partition coefficient (Wildman–Crippen LogP) is 3.92. The van der Waals surface area contributed by atoms with Crippen molar-refractivity contribution in [3.63, 3.8) is 0 Å². The van der Waals surface area contributed by atoms with E-state index in [0.29, 0.717) is 17.8 Å². The van der Waals surface area contributed by atoms with Crippen LogP contribution in [0.3, 0.4) is 0 Å². The molecule has 27 heavy (non-hydrogen) atoms. The molecule has 0 unspecified atom stereocenters. The summed E-state index contributed by atoms with van der Waals surface area (Å²) in [6.45, 7) is 1.90. The van der Waals surface area contributed by atoms with Gasteiger partial charge >= 0.3 is 6.18 Å². The number of hydrogen-bond donors (Lipinski definition) is 3. The lowest BCUT2D eigenvalue weighted by molar-refractivity contribution is -0.137. The fraction of sp³-hybridized carbons (Fsp3) is 0.263. The second-order valence-electron chi connectivity index (χ2n) is 6.32. The Labute approximate surface area is 153 Å². The first-order chi connectivity index (χ1) is 12.8. The van der Waals surface area contributed by atoms with Crippen LogP contribution in [0.25, 0.3) is 11.0 Å². The summed E-state index contributed by atoms with van der Waals surface area (Å²) in [5, 5.41) is 2.51. The van der Waals surface area contributed by atoms with Crippen molar-refractivity contribution >= 4 is 22.6 Å². The number of anilines is 1. The second-order valence-corrected chi connectivity index (χ2v) is 6.32. The van der Waals surface area contributed by atoms with Gasteiger partial charge in [0.1, 0.15) is 5.82 Å². The van der Waals surface area contributed by atoms with E-state index in [1.165, 1.54) is 6.07 Å². The van der Waals surface area contributed by atoms with Crippen molar-refractivity contribution in [2.24, 2.45) is 5.73 Å². The minimum absolute atomic E-state index is 0.0505. The summed E-state index contributed by atoms with van der Waals surface area (Å²) in [7, 11) is 0. The van der Waals surface area contributed by atoms with Crippen LogP contribution in [0.15, 0.2) is 36.4 Å². The Bertz CT molecular complexity index is 979. The number of aryl methyl sites for hydroxylation is 2. The van der Waals surface area contributed by atoms with Crippen LogP contribution in [-0.4, -0.2) is 15.9 Å². The third kappa shape index (κ3) is 4.46. The van der Waals surface area contributed by atoms with Gasteiger partial charge in [-0.1, -0.05) is 12.1 Å². The lowest BCUT2D eigenvalue weighted by Crippen LogP contribution is -2.15. The van der Waals surface area contributed by atoms with Crippen LogP contribution in [0.1, 0.15) is 28.9 Å². The molecule has 2 aromatic carbocycles. The molecule has 0 atom stereocenters. The number of rotatable bonds is 5. The van der Waals surface area contributed by atoms with Crippen molar-refractivity contribution in [2.75, 3.05) is 5.32 Å². The molecule has 0 bridgehead atoms. The Kier molecular flexibility index (Phi) is 5.18. The molecule has 1 heterocycles. The number of carbonyl (C=O) groups excluding carboxylic acids is 1. The fourth-order valence-electron chi connectivity index (χ4n) is 2.85. The number of para-hydroxylation sites is 1. The lowest BCUT2D eigenvalue weighted by atomic mass is 10.1. The SMILES string of the molecule is Cc1cccc2[nH]c(CCC(=O)Nc3cc(CN)cc(C(F)(F)F)c3)nc12. The highest BCUT2D eigenvalue weighted by Crippen LogP contribution is 2.32. The summed E-state index contributed by atoms with van der Waals surface area (Å²) in [5.74, 6) is 0.260. The number of amides is 1. The number of nitrogens with one attached hydrogen (secondary N) is 2. The number of nitrogens with two attached hydrogens (primary N) is 1. The van der Waals surface area contributed by atoms with Gasteiger partial charge in [0, 0.05) is 25.1 Å². The molecule has 0 saturated heterocycles. The van der Waals surface area contributed by atoms with Crippen molar-refractivity contribution in [3.05, 3.63) is 58.9 Å². The number of fused-ring (bicyclic) bond motifs is 1. The van der Waals surface area contributed by atoms with Gasteiger partial charge in [0.25, 0.3) is 0 Å². The first-order valence-corrected chi connectivity index (χ1v) is 8.41. The molecule has 142 valence electrons. The lowest BCUT2D eigenvalue weighted by Gasteiger charge is -2.12. The van der Waals surface area contributed by atoms with Gasteiger partial charge in [-0.15, -0.1) is 0 Å². The number of H-pyrrole nitrogens is 1. The number of benzene rings is 2. The minimum atomic E-state index is -4.50. The van der Waals surface area contributed by atoms with E-state index in [4.69, 9.17) is 5.73 Å². The molecule has 3 aromatic rings. The Hall–Kier alpha value is -2.87. The van der Waals surface area contributed by atoms with Crippen LogP contribution in [0.5, 0.6) is 0 Å². The number of alkyl halides is 3. The largest absolute Gasteiger partial charge is 0.416 e. The molecule has 0 fully saturated rings. The summed E-state index contributed by atoms with van der Waals surface area (Å²) in [6.07, 6.45) is -4.06. The van der Waals surface area contributed by atoms with E-state index in [1.54, 1.807) is 0 Å². The normalized spacial score (nSPS) is 11.7. The van der Waals surface area contributed by atoms with Gasteiger partial charge in [-0.3, -0.25) is 4.79 Å². The molecular weight excluding hydrogens is 357 g/mol. The van der Waals surface area contributed by atoms with Crippen LogP contribution in [0, 0.1) is 6.92 Å². The molecule has 3 rings (SSSR count). The molecule has 0 spiro atoms. The van der Waals surface area contributed by atoms with Crippen molar-refractivity contribution in [1.82, 2.24) is 9.97 Å². The highest BCUT2D eigenvalue weighted by atomic mass is 19.4. The summed E-state index contributed by atoms with van der Waals surface area (Å²) in [6, 6.07) is 9.08. The maximum atomic E-state index is 13.0. The van der Waals surface area contributed by atoms with Crippen LogP contribution in [-0.2, 0) is 23.9 Å². The Morgan fingerprint density at radius 2 is 2.04 bits per heavy atom. The van der Waals surface area contributed by atoms with Crippen LogP contribution < -0.4 is 11.1 Å². The van der Waals surface area contributed by atoms with Gasteiger partial charge in [0.05, 0.1) is 16.6 Å². The monoisotopic (exact) mass is 376 g/mol.